The second-order valence-electron chi connectivity index (χ2n) is 9.17. The molecule has 2 bridgehead atoms. The number of fused-ring (bicyclic) bond motifs is 6. The summed E-state index contributed by atoms with van der Waals surface area (Å²) in [5.74, 6) is 1.35. The second-order valence-corrected chi connectivity index (χ2v) is 9.17. The van der Waals surface area contributed by atoms with Crippen LogP contribution in [0.25, 0.3) is 0 Å². The monoisotopic (exact) mass is 379 g/mol. The topological polar surface area (TPSA) is 35.6 Å². The molecule has 0 aromatic heterocycles. The van der Waals surface area contributed by atoms with E-state index < -0.39 is 0 Å². The maximum Gasteiger partial charge on any atom is 0.317 e. The fourth-order valence-electron chi connectivity index (χ4n) is 6.26. The van der Waals surface area contributed by atoms with Gasteiger partial charge in [0.2, 0.25) is 0 Å². The summed E-state index contributed by atoms with van der Waals surface area (Å²) in [6.07, 6.45) is 11.2. The smallest absolute Gasteiger partial charge is 0.317 e. The Morgan fingerprint density at radius 1 is 1.11 bits per heavy atom. The van der Waals surface area contributed by atoms with Gasteiger partial charge in [0.25, 0.3) is 0 Å². The van der Waals surface area contributed by atoms with Gasteiger partial charge in [0.15, 0.2) is 0 Å². The molecule has 1 N–H and O–H groups in total. The van der Waals surface area contributed by atoms with Crippen molar-refractivity contribution in [2.45, 2.75) is 57.0 Å². The van der Waals surface area contributed by atoms with E-state index in [1.165, 1.54) is 50.8 Å². The molecule has 4 aliphatic rings. The van der Waals surface area contributed by atoms with Crippen LogP contribution in [0.2, 0.25) is 0 Å². The van der Waals surface area contributed by atoms with Crippen LogP contribution < -0.4 is 5.32 Å². The first-order valence-electron chi connectivity index (χ1n) is 11.3. The Kier molecular flexibility index (Phi) is 5.15. The van der Waals surface area contributed by atoms with Crippen LogP contribution in [0.1, 0.15) is 44.1 Å². The zero-order valence-corrected chi connectivity index (χ0v) is 16.9. The molecule has 0 unspecified atom stereocenters. The van der Waals surface area contributed by atoms with E-state index in [-0.39, 0.29) is 6.03 Å². The molecule has 28 heavy (non-hydrogen) atoms. The van der Waals surface area contributed by atoms with Gasteiger partial charge in [0.05, 0.1) is 6.04 Å². The molecule has 4 atom stereocenters. The molecule has 5 rings (SSSR count). The summed E-state index contributed by atoms with van der Waals surface area (Å²) in [4.78, 5) is 18.0. The molecule has 0 saturated carbocycles. The highest BCUT2D eigenvalue weighted by molar-refractivity contribution is 5.75. The Morgan fingerprint density at radius 2 is 2.00 bits per heavy atom. The predicted octanol–water partition coefficient (Wildman–Crippen LogP) is 3.83. The molecular formula is C24H33N3O. The first-order valence-corrected chi connectivity index (χ1v) is 11.3. The Balaban J connectivity index is 1.27. The van der Waals surface area contributed by atoms with Crippen molar-refractivity contribution in [2.24, 2.45) is 11.8 Å². The third-order valence-corrected chi connectivity index (χ3v) is 7.45. The molecule has 3 fully saturated rings. The van der Waals surface area contributed by atoms with Gasteiger partial charge in [-0.1, -0.05) is 48.4 Å². The summed E-state index contributed by atoms with van der Waals surface area (Å²) in [5, 5.41) is 3.21. The van der Waals surface area contributed by atoms with Crippen molar-refractivity contribution in [2.75, 3.05) is 26.2 Å². The van der Waals surface area contributed by atoms with Gasteiger partial charge in [-0.3, -0.25) is 4.90 Å². The van der Waals surface area contributed by atoms with E-state index in [4.69, 9.17) is 0 Å². The van der Waals surface area contributed by atoms with Crippen LogP contribution in [0.15, 0.2) is 42.0 Å². The molecule has 3 aliphatic heterocycles. The molecule has 2 amide bonds. The Labute approximate surface area is 169 Å². The lowest BCUT2D eigenvalue weighted by Crippen LogP contribution is -2.61. The molecular weight excluding hydrogens is 346 g/mol. The zero-order valence-electron chi connectivity index (χ0n) is 16.9. The van der Waals surface area contributed by atoms with Crippen molar-refractivity contribution in [3.8, 4) is 0 Å². The molecule has 150 valence electrons. The third-order valence-electron chi connectivity index (χ3n) is 7.45. The summed E-state index contributed by atoms with van der Waals surface area (Å²) >= 11 is 0. The fourth-order valence-corrected chi connectivity index (χ4v) is 6.26. The maximum absolute atomic E-state index is 13.1. The number of benzene rings is 1. The van der Waals surface area contributed by atoms with E-state index in [1.807, 2.05) is 6.07 Å². The standard InChI is InChI=1S/C24H33N3O/c28-24(25-12-11-18-7-2-1-3-8-18)27-14-6-9-19-15-20-16-21(23(19)27)17-26-13-5-4-10-22(20)26/h1-3,7-8,15,20-23H,4-6,9-14,16-17H2,(H,25,28)/t20-,21+,22+,23+/m0/s1. The molecule has 1 aromatic carbocycles. The van der Waals surface area contributed by atoms with Gasteiger partial charge in [0, 0.05) is 25.7 Å². The molecule has 4 nitrogen and oxygen atoms in total. The van der Waals surface area contributed by atoms with Gasteiger partial charge in [0.1, 0.15) is 0 Å². The number of hydrogen-bond acceptors (Lipinski definition) is 2. The highest BCUT2D eigenvalue weighted by Gasteiger charge is 2.46. The van der Waals surface area contributed by atoms with Crippen LogP contribution in [0.5, 0.6) is 0 Å². The minimum absolute atomic E-state index is 0.144. The van der Waals surface area contributed by atoms with Gasteiger partial charge in [-0.05, 0) is 62.5 Å². The summed E-state index contributed by atoms with van der Waals surface area (Å²) in [6, 6.07) is 11.7. The number of urea groups is 1. The molecule has 1 aromatic rings. The number of amides is 2. The van der Waals surface area contributed by atoms with E-state index in [9.17, 15) is 4.79 Å². The van der Waals surface area contributed by atoms with Gasteiger partial charge in [-0.2, -0.15) is 0 Å². The van der Waals surface area contributed by atoms with E-state index >= 15 is 0 Å². The SMILES string of the molecule is O=C(NCCc1ccccc1)N1CCCC2=C[C@H]3C[C@H](CN4CCCC[C@H]34)[C@@H]21. The summed E-state index contributed by atoms with van der Waals surface area (Å²) in [5.41, 5.74) is 2.85. The summed E-state index contributed by atoms with van der Waals surface area (Å²) < 4.78 is 0. The van der Waals surface area contributed by atoms with Crippen LogP contribution in [0.4, 0.5) is 4.79 Å². The van der Waals surface area contributed by atoms with Gasteiger partial charge >= 0.3 is 6.03 Å². The fraction of sp³-hybridized carbons (Fsp3) is 0.625. The van der Waals surface area contributed by atoms with Crippen molar-refractivity contribution < 1.29 is 4.79 Å². The molecule has 3 heterocycles. The quantitative estimate of drug-likeness (QED) is 0.810. The Bertz CT molecular complexity index is 731. The summed E-state index contributed by atoms with van der Waals surface area (Å²) in [7, 11) is 0. The van der Waals surface area contributed by atoms with E-state index in [0.29, 0.717) is 18.5 Å². The number of hydrogen-bond donors (Lipinski definition) is 1. The van der Waals surface area contributed by atoms with E-state index in [1.54, 1.807) is 5.57 Å². The maximum atomic E-state index is 13.1. The van der Waals surface area contributed by atoms with Crippen molar-refractivity contribution in [3.05, 3.63) is 47.5 Å². The normalized spacial score (nSPS) is 32.1. The Hall–Kier alpha value is -1.81. The van der Waals surface area contributed by atoms with Gasteiger partial charge in [-0.15, -0.1) is 0 Å². The number of carbonyl (C=O) groups is 1. The first-order chi connectivity index (χ1) is 13.8. The number of likely N-dealkylation sites (tertiary alicyclic amines) is 1. The second kappa shape index (κ2) is 7.90. The third kappa shape index (κ3) is 3.47. The van der Waals surface area contributed by atoms with Crippen molar-refractivity contribution >= 4 is 6.03 Å². The van der Waals surface area contributed by atoms with Crippen LogP contribution in [0, 0.1) is 11.8 Å². The largest absolute Gasteiger partial charge is 0.338 e. The van der Waals surface area contributed by atoms with E-state index in [0.717, 1.165) is 31.3 Å². The number of piperidine rings is 3. The number of nitrogens with zero attached hydrogens (tertiary/aromatic N) is 2. The first kappa shape index (κ1) is 18.2. The highest BCUT2D eigenvalue weighted by atomic mass is 16.2. The summed E-state index contributed by atoms with van der Waals surface area (Å²) in [6.45, 7) is 4.07. The number of nitrogens with one attached hydrogen (secondary N) is 1. The average molecular weight is 380 g/mol. The van der Waals surface area contributed by atoms with Crippen molar-refractivity contribution in [3.63, 3.8) is 0 Å². The lowest BCUT2D eigenvalue weighted by molar-refractivity contribution is 0.00793. The molecule has 4 heteroatoms. The number of rotatable bonds is 3. The van der Waals surface area contributed by atoms with Crippen molar-refractivity contribution in [1.29, 1.82) is 0 Å². The van der Waals surface area contributed by atoms with E-state index in [2.05, 4.69) is 45.5 Å². The molecule has 0 radical (unpaired) electrons. The van der Waals surface area contributed by atoms with Crippen LogP contribution in [0.3, 0.4) is 0 Å². The molecule has 0 spiro atoms. The lowest BCUT2D eigenvalue weighted by atomic mass is 9.68. The highest BCUT2D eigenvalue weighted by Crippen LogP contribution is 2.44. The van der Waals surface area contributed by atoms with Gasteiger partial charge < -0.3 is 10.2 Å². The van der Waals surface area contributed by atoms with Gasteiger partial charge in [-0.25, -0.2) is 4.79 Å². The minimum atomic E-state index is 0.144. The average Bonchev–Trinajstić information content (AvgIpc) is 2.74. The zero-order chi connectivity index (χ0) is 18.9. The van der Waals surface area contributed by atoms with Crippen LogP contribution >= 0.6 is 0 Å². The minimum Gasteiger partial charge on any atom is -0.338 e. The van der Waals surface area contributed by atoms with Crippen LogP contribution in [-0.2, 0) is 6.42 Å². The lowest BCUT2D eigenvalue weighted by Gasteiger charge is -2.54. The molecule has 3 saturated heterocycles. The van der Waals surface area contributed by atoms with Crippen LogP contribution in [-0.4, -0.2) is 54.1 Å². The predicted molar refractivity (Wildman–Crippen MR) is 112 cm³/mol. The number of carbonyl (C=O) groups excluding carboxylic acids is 1. The Morgan fingerprint density at radius 3 is 2.89 bits per heavy atom. The molecule has 1 aliphatic carbocycles. The van der Waals surface area contributed by atoms with Crippen molar-refractivity contribution in [1.82, 2.24) is 15.1 Å².